The Hall–Kier alpha value is -3.45. The Morgan fingerprint density at radius 1 is 1.00 bits per heavy atom. The molecule has 6 nitrogen and oxygen atoms in total. The number of nitrogens with zero attached hydrogens (tertiary/aromatic N) is 1. The van der Waals surface area contributed by atoms with E-state index in [1.165, 1.54) is 18.7 Å². The van der Waals surface area contributed by atoms with E-state index in [9.17, 15) is 14.4 Å². The topological polar surface area (TPSA) is 85.4 Å². The smallest absolute Gasteiger partial charge is 0.341 e. The van der Waals surface area contributed by atoms with Crippen molar-refractivity contribution < 1.29 is 19.1 Å². The van der Waals surface area contributed by atoms with Crippen LogP contribution in [0.25, 0.3) is 0 Å². The minimum atomic E-state index is -0.686. The molecule has 0 saturated heterocycles. The first-order chi connectivity index (χ1) is 15.4. The van der Waals surface area contributed by atoms with Crippen LogP contribution in [0, 0.1) is 6.92 Å². The van der Waals surface area contributed by atoms with Crippen LogP contribution in [0.3, 0.4) is 0 Å². The van der Waals surface area contributed by atoms with Gasteiger partial charge in [0.2, 0.25) is 0 Å². The monoisotopic (exact) mass is 448 g/mol. The van der Waals surface area contributed by atoms with Gasteiger partial charge < -0.3 is 10.1 Å². The van der Waals surface area contributed by atoms with Gasteiger partial charge >= 0.3 is 5.97 Å². The molecule has 0 fully saturated rings. The van der Waals surface area contributed by atoms with Gasteiger partial charge in [-0.25, -0.2) is 9.78 Å². The van der Waals surface area contributed by atoms with E-state index in [-0.39, 0.29) is 11.3 Å². The zero-order chi connectivity index (χ0) is 22.9. The van der Waals surface area contributed by atoms with Crippen LogP contribution in [-0.4, -0.2) is 35.3 Å². The number of hydrogen-bond donors (Lipinski definition) is 1. The van der Waals surface area contributed by atoms with Gasteiger partial charge in [-0.2, -0.15) is 0 Å². The first kappa shape index (κ1) is 23.2. The minimum absolute atomic E-state index is 0.169. The summed E-state index contributed by atoms with van der Waals surface area (Å²) in [6.45, 7) is 2.94. The molecule has 1 atom stereocenters. The van der Waals surface area contributed by atoms with Gasteiger partial charge in [-0.05, 0) is 50.1 Å². The van der Waals surface area contributed by atoms with Crippen LogP contribution in [0.2, 0.25) is 0 Å². The average molecular weight is 449 g/mol. The fraction of sp³-hybridized carbons (Fsp3) is 0.200. The number of ketones is 1. The molecule has 3 aromatic rings. The lowest BCUT2D eigenvalue weighted by Gasteiger charge is -2.16. The lowest BCUT2D eigenvalue weighted by Crippen LogP contribution is -2.43. The van der Waals surface area contributed by atoms with Crippen LogP contribution in [0.4, 0.5) is 0 Å². The van der Waals surface area contributed by atoms with Gasteiger partial charge in [0.05, 0.1) is 11.6 Å². The number of hydrogen-bond acceptors (Lipinski definition) is 6. The molecular formula is C25H24N2O4S. The SMILES string of the molecule is CC(=O)[C@H](Cc1ccccc1)NC(=O)COC(=O)c1cccnc1Sc1ccc(C)cc1. The molecule has 7 heteroatoms. The molecular weight excluding hydrogens is 424 g/mol. The third kappa shape index (κ3) is 6.78. The van der Waals surface area contributed by atoms with Crippen LogP contribution < -0.4 is 5.32 Å². The van der Waals surface area contributed by atoms with Gasteiger partial charge in [-0.1, -0.05) is 59.8 Å². The summed E-state index contributed by atoms with van der Waals surface area (Å²) in [6.07, 6.45) is 1.97. The van der Waals surface area contributed by atoms with Crippen molar-refractivity contribution in [3.63, 3.8) is 0 Å². The molecule has 164 valence electrons. The number of esters is 1. The fourth-order valence-corrected chi connectivity index (χ4v) is 3.81. The van der Waals surface area contributed by atoms with Crippen LogP contribution in [-0.2, 0) is 20.7 Å². The number of benzene rings is 2. The summed E-state index contributed by atoms with van der Waals surface area (Å²) >= 11 is 1.34. The van der Waals surface area contributed by atoms with Gasteiger partial charge in [0, 0.05) is 11.1 Å². The molecule has 0 aliphatic heterocycles. The Balaban J connectivity index is 1.59. The average Bonchev–Trinajstić information content (AvgIpc) is 2.79. The van der Waals surface area contributed by atoms with E-state index in [1.54, 1.807) is 18.3 Å². The molecule has 0 unspecified atom stereocenters. The van der Waals surface area contributed by atoms with Crippen LogP contribution in [0.15, 0.2) is 82.8 Å². The quantitative estimate of drug-likeness (QED) is 0.498. The highest BCUT2D eigenvalue weighted by Crippen LogP contribution is 2.29. The predicted octanol–water partition coefficient (Wildman–Crippen LogP) is 4.01. The minimum Gasteiger partial charge on any atom is -0.452 e. The van der Waals surface area contributed by atoms with Crippen molar-refractivity contribution in [3.8, 4) is 0 Å². The Morgan fingerprint density at radius 2 is 1.72 bits per heavy atom. The van der Waals surface area contributed by atoms with Crippen molar-refractivity contribution in [1.82, 2.24) is 10.3 Å². The predicted molar refractivity (Wildman–Crippen MR) is 123 cm³/mol. The second-order valence-corrected chi connectivity index (χ2v) is 8.33. The summed E-state index contributed by atoms with van der Waals surface area (Å²) in [5, 5.41) is 3.14. The molecule has 2 aromatic carbocycles. The molecule has 0 bridgehead atoms. The first-order valence-corrected chi connectivity index (χ1v) is 10.9. The van der Waals surface area contributed by atoms with Crippen molar-refractivity contribution in [2.75, 3.05) is 6.61 Å². The van der Waals surface area contributed by atoms with E-state index in [4.69, 9.17) is 4.74 Å². The Labute approximate surface area is 191 Å². The van der Waals surface area contributed by atoms with Crippen molar-refractivity contribution >= 4 is 29.4 Å². The number of Topliss-reactive ketones (excluding diaryl/α,β-unsaturated/α-hetero) is 1. The molecule has 32 heavy (non-hydrogen) atoms. The maximum absolute atomic E-state index is 12.6. The molecule has 0 saturated carbocycles. The van der Waals surface area contributed by atoms with Crippen molar-refractivity contribution in [1.29, 1.82) is 0 Å². The molecule has 1 N–H and O–H groups in total. The highest BCUT2D eigenvalue weighted by molar-refractivity contribution is 7.99. The van der Waals surface area contributed by atoms with Crippen molar-refractivity contribution in [2.45, 2.75) is 36.2 Å². The largest absolute Gasteiger partial charge is 0.452 e. The lowest BCUT2D eigenvalue weighted by atomic mass is 10.0. The fourth-order valence-electron chi connectivity index (χ4n) is 2.94. The Morgan fingerprint density at radius 3 is 2.41 bits per heavy atom. The van der Waals surface area contributed by atoms with E-state index in [1.807, 2.05) is 61.5 Å². The van der Waals surface area contributed by atoms with E-state index in [0.29, 0.717) is 11.4 Å². The summed E-state index contributed by atoms with van der Waals surface area (Å²) < 4.78 is 5.20. The number of pyridine rings is 1. The number of ether oxygens (including phenoxy) is 1. The van der Waals surface area contributed by atoms with E-state index < -0.39 is 24.5 Å². The number of amides is 1. The second kappa shape index (κ2) is 11.2. The number of aromatic nitrogens is 1. The number of nitrogens with one attached hydrogen (secondary N) is 1. The van der Waals surface area contributed by atoms with E-state index >= 15 is 0 Å². The van der Waals surface area contributed by atoms with E-state index in [2.05, 4.69) is 10.3 Å². The number of aryl methyl sites for hydroxylation is 1. The summed E-state index contributed by atoms with van der Waals surface area (Å²) in [4.78, 5) is 42.1. The summed E-state index contributed by atoms with van der Waals surface area (Å²) in [5.74, 6) is -1.35. The number of carbonyl (C=O) groups excluding carboxylic acids is 3. The zero-order valence-corrected chi connectivity index (χ0v) is 18.7. The first-order valence-electron chi connectivity index (χ1n) is 10.1. The summed E-state index contributed by atoms with van der Waals surface area (Å²) in [6, 6.07) is 19.8. The second-order valence-electron chi connectivity index (χ2n) is 7.27. The molecule has 0 aliphatic carbocycles. The molecule has 0 spiro atoms. The lowest BCUT2D eigenvalue weighted by molar-refractivity contribution is -0.128. The third-order valence-electron chi connectivity index (χ3n) is 4.67. The van der Waals surface area contributed by atoms with Crippen LogP contribution in [0.5, 0.6) is 0 Å². The maximum Gasteiger partial charge on any atom is 0.341 e. The molecule has 0 radical (unpaired) electrons. The van der Waals surface area contributed by atoms with Crippen molar-refractivity contribution in [3.05, 3.63) is 89.6 Å². The number of carbonyl (C=O) groups is 3. The Kier molecular flexibility index (Phi) is 8.16. The standard InChI is InChI=1S/C25H24N2O4S/c1-17-10-12-20(13-11-17)32-24-21(9-6-14-26-24)25(30)31-16-23(29)27-22(18(2)28)15-19-7-4-3-5-8-19/h3-14,22H,15-16H2,1-2H3,(H,27,29)/t22-/m0/s1. The van der Waals surface area contributed by atoms with Crippen LogP contribution >= 0.6 is 11.8 Å². The van der Waals surface area contributed by atoms with Crippen LogP contribution in [0.1, 0.15) is 28.4 Å². The highest BCUT2D eigenvalue weighted by Gasteiger charge is 2.20. The maximum atomic E-state index is 12.6. The molecule has 1 heterocycles. The molecule has 1 aromatic heterocycles. The van der Waals surface area contributed by atoms with Gasteiger partial charge in [-0.3, -0.25) is 9.59 Å². The van der Waals surface area contributed by atoms with Crippen molar-refractivity contribution in [2.24, 2.45) is 0 Å². The molecule has 3 rings (SSSR count). The third-order valence-corrected chi connectivity index (χ3v) is 5.70. The van der Waals surface area contributed by atoms with E-state index in [0.717, 1.165) is 16.0 Å². The highest BCUT2D eigenvalue weighted by atomic mass is 32.2. The molecule has 1 amide bonds. The summed E-state index contributed by atoms with van der Waals surface area (Å²) in [7, 11) is 0. The van der Waals surface area contributed by atoms with Gasteiger partial charge in [-0.15, -0.1) is 0 Å². The normalized spacial score (nSPS) is 11.4. The number of rotatable bonds is 9. The summed E-state index contributed by atoms with van der Waals surface area (Å²) in [5.41, 5.74) is 2.34. The van der Waals surface area contributed by atoms with Gasteiger partial charge in [0.1, 0.15) is 5.03 Å². The Bertz CT molecular complexity index is 1080. The van der Waals surface area contributed by atoms with Gasteiger partial charge in [0.15, 0.2) is 12.4 Å². The zero-order valence-electron chi connectivity index (χ0n) is 17.9. The van der Waals surface area contributed by atoms with Gasteiger partial charge in [0.25, 0.3) is 5.91 Å². The molecule has 0 aliphatic rings.